The summed E-state index contributed by atoms with van der Waals surface area (Å²) in [7, 11) is 0. The molecule has 37 heavy (non-hydrogen) atoms. The van der Waals surface area contributed by atoms with Crippen LogP contribution in [0.5, 0.6) is 0 Å². The molecule has 0 unspecified atom stereocenters. The van der Waals surface area contributed by atoms with Gasteiger partial charge >= 0.3 is 24.3 Å². The van der Waals surface area contributed by atoms with Crippen LogP contribution in [-0.4, -0.2) is 77.3 Å². The number of fused-ring (bicyclic) bond motifs is 1. The van der Waals surface area contributed by atoms with Gasteiger partial charge in [0.25, 0.3) is 0 Å². The van der Waals surface area contributed by atoms with Crippen LogP contribution in [0.15, 0.2) is 41.4 Å². The number of hydrogen-bond donors (Lipinski definition) is 2. The molecule has 2 aliphatic rings. The molecular weight excluding hydrogens is 534 g/mol. The highest BCUT2D eigenvalue weighted by molar-refractivity contribution is 7.07. The minimum absolute atomic E-state index is 0.165. The van der Waals surface area contributed by atoms with Gasteiger partial charge in [-0.1, -0.05) is 6.07 Å². The van der Waals surface area contributed by atoms with Crippen LogP contribution in [0.3, 0.4) is 0 Å². The summed E-state index contributed by atoms with van der Waals surface area (Å²) in [5.41, 5.74) is 2.72. The molecule has 0 saturated carbocycles. The Bertz CT molecular complexity index is 966. The lowest BCUT2D eigenvalue weighted by atomic mass is 9.82. The molecule has 8 nitrogen and oxygen atoms in total. The molecule has 0 bridgehead atoms. The highest BCUT2D eigenvalue weighted by Gasteiger charge is 2.50. The highest BCUT2D eigenvalue weighted by atomic mass is 32.1. The Morgan fingerprint density at radius 1 is 1.14 bits per heavy atom. The molecule has 0 amide bonds. The van der Waals surface area contributed by atoms with Gasteiger partial charge in [0.1, 0.15) is 0 Å². The van der Waals surface area contributed by atoms with E-state index in [1.807, 2.05) is 12.3 Å². The predicted molar refractivity (Wildman–Crippen MR) is 118 cm³/mol. The van der Waals surface area contributed by atoms with Crippen LogP contribution in [0.1, 0.15) is 11.1 Å². The van der Waals surface area contributed by atoms with E-state index >= 15 is 0 Å². The Hall–Kier alpha value is -2.75. The van der Waals surface area contributed by atoms with Gasteiger partial charge in [-0.3, -0.25) is 9.88 Å². The summed E-state index contributed by atoms with van der Waals surface area (Å²) < 4.78 is 75.3. The fraction of sp³-hybridized carbons (Fsp3) is 0.500. The number of rotatable bonds is 6. The van der Waals surface area contributed by atoms with E-state index in [4.69, 9.17) is 29.3 Å². The Balaban J connectivity index is 0.000000286. The highest BCUT2D eigenvalue weighted by Crippen LogP contribution is 2.42. The standard InChI is InChI=1S/C18H22N2O2S.2C2HF3O2/c1-2-15(6-19-4-1)9-21-13-18-12-20(7-16-3-5-23-11-16)8-17(18)10-22-14-18;2*3-2(4,5)1(6)7/h1-6,11,17H,7-10,12-14H2;2*(H,6,7)/t17-,18-;;/m1../s1. The molecule has 2 fully saturated rings. The first-order valence-electron chi connectivity index (χ1n) is 10.6. The lowest BCUT2D eigenvalue weighted by Crippen LogP contribution is -2.35. The van der Waals surface area contributed by atoms with E-state index in [1.54, 1.807) is 17.5 Å². The first-order valence-corrected chi connectivity index (χ1v) is 11.6. The normalized spacial score (nSPS) is 21.3. The van der Waals surface area contributed by atoms with Crippen LogP contribution in [0, 0.1) is 11.3 Å². The van der Waals surface area contributed by atoms with Gasteiger partial charge < -0.3 is 19.7 Å². The van der Waals surface area contributed by atoms with E-state index in [-0.39, 0.29) is 5.41 Å². The van der Waals surface area contributed by atoms with Crippen molar-refractivity contribution in [1.29, 1.82) is 0 Å². The maximum absolute atomic E-state index is 10.6. The average molecular weight is 558 g/mol. The van der Waals surface area contributed by atoms with Gasteiger partial charge in [-0.05, 0) is 34.0 Å². The number of ether oxygens (including phenoxy) is 2. The van der Waals surface area contributed by atoms with Crippen LogP contribution in [-0.2, 0) is 32.2 Å². The van der Waals surface area contributed by atoms with Crippen LogP contribution < -0.4 is 0 Å². The van der Waals surface area contributed by atoms with Gasteiger partial charge in [-0.15, -0.1) is 0 Å². The number of carboxylic acid groups (broad SMARTS) is 2. The molecule has 15 heteroatoms. The number of alkyl halides is 6. The van der Waals surface area contributed by atoms with E-state index in [1.165, 1.54) is 5.56 Å². The summed E-state index contributed by atoms with van der Waals surface area (Å²) in [5.74, 6) is -4.92. The van der Waals surface area contributed by atoms with Crippen LogP contribution in [0.2, 0.25) is 0 Å². The molecule has 0 radical (unpaired) electrons. The maximum Gasteiger partial charge on any atom is 0.490 e. The van der Waals surface area contributed by atoms with Gasteiger partial charge in [-0.25, -0.2) is 9.59 Å². The van der Waals surface area contributed by atoms with Crippen molar-refractivity contribution in [2.75, 3.05) is 32.9 Å². The van der Waals surface area contributed by atoms with Crippen molar-refractivity contribution < 1.29 is 55.6 Å². The Morgan fingerprint density at radius 2 is 1.78 bits per heavy atom. The van der Waals surface area contributed by atoms with Crippen molar-refractivity contribution >= 4 is 23.3 Å². The lowest BCUT2D eigenvalue weighted by molar-refractivity contribution is -0.193. The second-order valence-corrected chi connectivity index (χ2v) is 9.12. The molecule has 4 rings (SSSR count). The topological polar surface area (TPSA) is 109 Å². The number of hydrogen-bond acceptors (Lipinski definition) is 7. The number of pyridine rings is 1. The third kappa shape index (κ3) is 9.91. The number of carbonyl (C=O) groups is 2. The van der Waals surface area contributed by atoms with Crippen molar-refractivity contribution in [3.63, 3.8) is 0 Å². The second kappa shape index (κ2) is 13.2. The molecule has 2 aromatic heterocycles. The number of carboxylic acids is 2. The monoisotopic (exact) mass is 558 g/mol. The van der Waals surface area contributed by atoms with Crippen LogP contribution in [0.4, 0.5) is 26.3 Å². The zero-order valence-electron chi connectivity index (χ0n) is 19.2. The molecular formula is C22H24F6N2O6S. The van der Waals surface area contributed by atoms with Gasteiger partial charge in [0, 0.05) is 43.4 Å². The largest absolute Gasteiger partial charge is 0.490 e. The second-order valence-electron chi connectivity index (χ2n) is 8.34. The maximum atomic E-state index is 10.6. The fourth-order valence-corrected chi connectivity index (χ4v) is 4.42. The van der Waals surface area contributed by atoms with Crippen molar-refractivity contribution in [3.8, 4) is 0 Å². The quantitative estimate of drug-likeness (QED) is 0.511. The molecule has 0 spiro atoms. The minimum atomic E-state index is -5.08. The SMILES string of the molecule is O=C(O)C(F)(F)F.O=C(O)C(F)(F)F.c1cncc(COC[C@]23COC[C@H]2CN(Cc2ccsc2)C3)c1. The molecule has 0 aliphatic carbocycles. The number of aromatic nitrogens is 1. The molecule has 2 aliphatic heterocycles. The van der Waals surface area contributed by atoms with Gasteiger partial charge in [0.15, 0.2) is 0 Å². The first-order chi connectivity index (χ1) is 17.2. The van der Waals surface area contributed by atoms with Crippen molar-refractivity contribution in [1.82, 2.24) is 9.88 Å². The number of halogens is 6. The van der Waals surface area contributed by atoms with Crippen LogP contribution in [0.25, 0.3) is 0 Å². The molecule has 2 saturated heterocycles. The zero-order valence-corrected chi connectivity index (χ0v) is 20.0. The van der Waals surface area contributed by atoms with Gasteiger partial charge in [0.05, 0.1) is 26.4 Å². The van der Waals surface area contributed by atoms with Gasteiger partial charge in [-0.2, -0.15) is 37.7 Å². The van der Waals surface area contributed by atoms with E-state index in [2.05, 4.69) is 32.8 Å². The minimum Gasteiger partial charge on any atom is -0.475 e. The molecule has 206 valence electrons. The van der Waals surface area contributed by atoms with Crippen LogP contribution >= 0.6 is 11.3 Å². The lowest BCUT2D eigenvalue weighted by Gasteiger charge is -2.27. The van der Waals surface area contributed by atoms with E-state index < -0.39 is 24.3 Å². The molecule has 2 aromatic rings. The molecule has 2 N–H and O–H groups in total. The summed E-state index contributed by atoms with van der Waals surface area (Å²) in [5, 5.41) is 18.7. The average Bonchev–Trinajstić information content (AvgIpc) is 3.51. The summed E-state index contributed by atoms with van der Waals surface area (Å²) in [6.45, 7) is 6.33. The Labute approximate surface area is 211 Å². The fourth-order valence-electron chi connectivity index (χ4n) is 3.76. The third-order valence-corrected chi connectivity index (χ3v) is 6.18. The number of nitrogens with zero attached hydrogens (tertiary/aromatic N) is 2. The summed E-state index contributed by atoms with van der Waals surface area (Å²) in [4.78, 5) is 24.5. The summed E-state index contributed by atoms with van der Waals surface area (Å²) >= 11 is 1.77. The van der Waals surface area contributed by atoms with Crippen molar-refractivity contribution in [2.45, 2.75) is 25.5 Å². The zero-order chi connectivity index (χ0) is 27.7. The Morgan fingerprint density at radius 3 is 2.30 bits per heavy atom. The predicted octanol–water partition coefficient (Wildman–Crippen LogP) is 4.07. The Kier molecular flexibility index (Phi) is 10.8. The molecule has 4 heterocycles. The summed E-state index contributed by atoms with van der Waals surface area (Å²) in [6, 6.07) is 6.24. The molecule has 0 aromatic carbocycles. The summed E-state index contributed by atoms with van der Waals surface area (Å²) in [6.07, 6.45) is -6.50. The molecule has 2 atom stereocenters. The van der Waals surface area contributed by atoms with E-state index in [9.17, 15) is 26.3 Å². The van der Waals surface area contributed by atoms with Crippen molar-refractivity contribution in [2.24, 2.45) is 11.3 Å². The third-order valence-electron chi connectivity index (χ3n) is 5.44. The van der Waals surface area contributed by atoms with E-state index in [0.717, 1.165) is 45.0 Å². The van der Waals surface area contributed by atoms with Gasteiger partial charge in [0.2, 0.25) is 0 Å². The first kappa shape index (κ1) is 30.5. The number of likely N-dealkylation sites (tertiary alicyclic amines) is 1. The number of thiophene rings is 1. The number of aliphatic carboxylic acids is 2. The van der Waals surface area contributed by atoms with Crippen molar-refractivity contribution in [3.05, 3.63) is 52.5 Å². The smallest absolute Gasteiger partial charge is 0.475 e. The van der Waals surface area contributed by atoms with E-state index in [0.29, 0.717) is 12.5 Å².